The lowest BCUT2D eigenvalue weighted by Gasteiger charge is -2.26. The fourth-order valence-electron chi connectivity index (χ4n) is 2.06. The van der Waals surface area contributed by atoms with Crippen molar-refractivity contribution in [2.75, 3.05) is 0 Å². The van der Waals surface area contributed by atoms with Crippen molar-refractivity contribution in [2.24, 2.45) is 11.3 Å². The summed E-state index contributed by atoms with van der Waals surface area (Å²) in [5, 5.41) is 0. The van der Waals surface area contributed by atoms with Crippen molar-refractivity contribution in [1.82, 2.24) is 4.72 Å². The molecule has 0 saturated carbocycles. The molecule has 0 radical (unpaired) electrons. The van der Waals surface area contributed by atoms with E-state index in [9.17, 15) is 13.2 Å². The second-order valence-corrected chi connectivity index (χ2v) is 8.44. The van der Waals surface area contributed by atoms with E-state index in [-0.39, 0.29) is 16.6 Å². The lowest BCUT2D eigenvalue weighted by molar-refractivity contribution is -0.128. The summed E-state index contributed by atoms with van der Waals surface area (Å²) in [6.45, 7) is 9.36. The quantitative estimate of drug-likeness (QED) is 0.878. The van der Waals surface area contributed by atoms with Gasteiger partial charge in [-0.3, -0.25) is 4.79 Å². The van der Waals surface area contributed by atoms with Gasteiger partial charge in [0.15, 0.2) is 5.78 Å². The molecule has 0 amide bonds. The first kappa shape index (κ1) is 17.9. The van der Waals surface area contributed by atoms with Gasteiger partial charge in [-0.15, -0.1) is 0 Å². The second-order valence-electron chi connectivity index (χ2n) is 6.73. The summed E-state index contributed by atoms with van der Waals surface area (Å²) in [5.41, 5.74) is -0.585. The third kappa shape index (κ3) is 5.25. The van der Waals surface area contributed by atoms with Crippen LogP contribution < -0.4 is 4.72 Å². The highest BCUT2D eigenvalue weighted by Crippen LogP contribution is 2.22. The molecule has 5 heteroatoms. The van der Waals surface area contributed by atoms with Crippen molar-refractivity contribution in [3.05, 3.63) is 30.3 Å². The van der Waals surface area contributed by atoms with Gasteiger partial charge in [0.2, 0.25) is 10.0 Å². The highest BCUT2D eigenvalue weighted by atomic mass is 32.2. The van der Waals surface area contributed by atoms with Crippen LogP contribution in [0, 0.1) is 11.3 Å². The van der Waals surface area contributed by atoms with Gasteiger partial charge in [0.25, 0.3) is 0 Å². The van der Waals surface area contributed by atoms with Gasteiger partial charge >= 0.3 is 0 Å². The van der Waals surface area contributed by atoms with E-state index in [0.29, 0.717) is 6.42 Å². The SMILES string of the molecule is CC(C)C[C@@H](NS(=O)(=O)c1ccccc1)C(=O)C(C)(C)C. The Kier molecular flexibility index (Phi) is 5.70. The highest BCUT2D eigenvalue weighted by Gasteiger charge is 2.33. The molecule has 0 saturated heterocycles. The molecule has 1 aromatic carbocycles. The predicted molar refractivity (Wildman–Crippen MR) is 84.5 cm³/mol. The van der Waals surface area contributed by atoms with Gasteiger partial charge in [-0.2, -0.15) is 0 Å². The average Bonchev–Trinajstić information content (AvgIpc) is 2.36. The molecule has 118 valence electrons. The molecule has 0 aliphatic heterocycles. The van der Waals surface area contributed by atoms with Gasteiger partial charge in [-0.05, 0) is 24.5 Å². The van der Waals surface area contributed by atoms with Crippen molar-refractivity contribution >= 4 is 15.8 Å². The number of rotatable bonds is 6. The Balaban J connectivity index is 3.04. The molecule has 0 bridgehead atoms. The summed E-state index contributed by atoms with van der Waals surface area (Å²) in [7, 11) is -3.68. The van der Waals surface area contributed by atoms with Crippen molar-refractivity contribution in [1.29, 1.82) is 0 Å². The molecular weight excluding hydrogens is 286 g/mol. The van der Waals surface area contributed by atoms with Crippen LogP contribution in [0.25, 0.3) is 0 Å². The molecule has 0 heterocycles. The molecule has 0 unspecified atom stereocenters. The number of sulfonamides is 1. The molecule has 1 aromatic rings. The van der Waals surface area contributed by atoms with Crippen molar-refractivity contribution < 1.29 is 13.2 Å². The standard InChI is InChI=1S/C16H25NO3S/c1-12(2)11-14(15(18)16(3,4)5)17-21(19,20)13-9-7-6-8-10-13/h6-10,12,14,17H,11H2,1-5H3/t14-/m1/s1. The Morgan fingerprint density at radius 3 is 2.10 bits per heavy atom. The first-order chi connectivity index (χ1) is 9.54. The first-order valence-electron chi connectivity index (χ1n) is 7.15. The zero-order valence-electron chi connectivity index (χ0n) is 13.4. The van der Waals surface area contributed by atoms with E-state index >= 15 is 0 Å². The van der Waals surface area contributed by atoms with Crippen LogP contribution in [0.15, 0.2) is 35.2 Å². The first-order valence-corrected chi connectivity index (χ1v) is 8.64. The monoisotopic (exact) mass is 311 g/mol. The summed E-state index contributed by atoms with van der Waals surface area (Å²) in [6, 6.07) is 7.43. The lowest BCUT2D eigenvalue weighted by atomic mass is 9.84. The van der Waals surface area contributed by atoms with Gasteiger partial charge in [0.1, 0.15) is 0 Å². The zero-order chi connectivity index (χ0) is 16.3. The third-order valence-corrected chi connectivity index (χ3v) is 4.60. The molecule has 0 aromatic heterocycles. The summed E-state index contributed by atoms with van der Waals surface area (Å²) in [6.07, 6.45) is 0.488. The topological polar surface area (TPSA) is 63.2 Å². The van der Waals surface area contributed by atoms with E-state index < -0.39 is 21.5 Å². The van der Waals surface area contributed by atoms with E-state index in [4.69, 9.17) is 0 Å². The molecule has 21 heavy (non-hydrogen) atoms. The fourth-order valence-corrected chi connectivity index (χ4v) is 3.29. The van der Waals surface area contributed by atoms with E-state index in [1.807, 2.05) is 13.8 Å². The molecule has 0 aliphatic carbocycles. The van der Waals surface area contributed by atoms with Crippen LogP contribution in [0.3, 0.4) is 0 Å². The van der Waals surface area contributed by atoms with E-state index in [1.54, 1.807) is 39.0 Å². The maximum Gasteiger partial charge on any atom is 0.241 e. The van der Waals surface area contributed by atoms with Gasteiger partial charge < -0.3 is 0 Å². The molecule has 0 aliphatic rings. The summed E-state index contributed by atoms with van der Waals surface area (Å²) >= 11 is 0. The lowest BCUT2D eigenvalue weighted by Crippen LogP contribution is -2.46. The van der Waals surface area contributed by atoms with E-state index in [0.717, 1.165) is 0 Å². The zero-order valence-corrected chi connectivity index (χ0v) is 14.2. The van der Waals surface area contributed by atoms with Crippen LogP contribution in [0.2, 0.25) is 0 Å². The Labute approximate surface area is 128 Å². The summed E-state index contributed by atoms with van der Waals surface area (Å²) in [4.78, 5) is 12.7. The van der Waals surface area contributed by atoms with Crippen molar-refractivity contribution in [2.45, 2.75) is 52.0 Å². The van der Waals surface area contributed by atoms with Crippen LogP contribution in [0.4, 0.5) is 0 Å². The predicted octanol–water partition coefficient (Wildman–Crippen LogP) is 2.99. The molecule has 0 fully saturated rings. The molecular formula is C16H25NO3S. The number of carbonyl (C=O) groups is 1. The molecule has 0 spiro atoms. The van der Waals surface area contributed by atoms with Crippen LogP contribution in [-0.4, -0.2) is 20.2 Å². The fraction of sp³-hybridized carbons (Fsp3) is 0.562. The van der Waals surface area contributed by atoms with Gasteiger partial charge in [0.05, 0.1) is 10.9 Å². The van der Waals surface area contributed by atoms with E-state index in [2.05, 4.69) is 4.72 Å². The van der Waals surface area contributed by atoms with Gasteiger partial charge in [-0.1, -0.05) is 52.8 Å². The van der Waals surface area contributed by atoms with Crippen molar-refractivity contribution in [3.8, 4) is 0 Å². The average molecular weight is 311 g/mol. The summed E-state index contributed by atoms with van der Waals surface area (Å²) in [5.74, 6) is 0.135. The minimum atomic E-state index is -3.68. The van der Waals surface area contributed by atoms with Crippen molar-refractivity contribution in [3.63, 3.8) is 0 Å². The van der Waals surface area contributed by atoms with Gasteiger partial charge in [-0.25, -0.2) is 13.1 Å². The number of carbonyl (C=O) groups excluding carboxylic acids is 1. The molecule has 1 N–H and O–H groups in total. The Hall–Kier alpha value is -1.20. The smallest absolute Gasteiger partial charge is 0.241 e. The number of ketones is 1. The van der Waals surface area contributed by atoms with Crippen LogP contribution >= 0.6 is 0 Å². The second kappa shape index (κ2) is 6.71. The number of nitrogens with one attached hydrogen (secondary N) is 1. The minimum Gasteiger partial charge on any atom is -0.297 e. The normalized spacial score (nSPS) is 14.2. The van der Waals surface area contributed by atoms with Crippen LogP contribution in [0.1, 0.15) is 41.0 Å². The number of benzene rings is 1. The largest absolute Gasteiger partial charge is 0.297 e. The summed E-state index contributed by atoms with van der Waals surface area (Å²) < 4.78 is 27.4. The number of hydrogen-bond donors (Lipinski definition) is 1. The van der Waals surface area contributed by atoms with Gasteiger partial charge in [0, 0.05) is 5.41 Å². The molecule has 1 rings (SSSR count). The Morgan fingerprint density at radius 1 is 1.14 bits per heavy atom. The third-order valence-electron chi connectivity index (χ3n) is 3.11. The maximum absolute atomic E-state index is 12.5. The van der Waals surface area contributed by atoms with Crippen LogP contribution in [0.5, 0.6) is 0 Å². The number of Topliss-reactive ketones (excluding diaryl/α,β-unsaturated/α-hetero) is 1. The maximum atomic E-state index is 12.5. The number of hydrogen-bond acceptors (Lipinski definition) is 3. The highest BCUT2D eigenvalue weighted by molar-refractivity contribution is 7.89. The van der Waals surface area contributed by atoms with Crippen LogP contribution in [-0.2, 0) is 14.8 Å². The minimum absolute atomic E-state index is 0.0873. The molecule has 4 nitrogen and oxygen atoms in total. The Morgan fingerprint density at radius 2 is 1.67 bits per heavy atom. The Bertz CT molecular complexity index is 571. The van der Waals surface area contributed by atoms with E-state index in [1.165, 1.54) is 12.1 Å². The molecule has 1 atom stereocenters.